The summed E-state index contributed by atoms with van der Waals surface area (Å²) in [7, 11) is 1.74. The molecule has 0 radical (unpaired) electrons. The first-order valence-electron chi connectivity index (χ1n) is 11.4. The Labute approximate surface area is 199 Å². The van der Waals surface area contributed by atoms with Crippen LogP contribution in [0, 0.1) is 18.6 Å². The maximum Gasteiger partial charge on any atom is 0.337 e. The number of aryl methyl sites for hydroxylation is 2. The predicted octanol–water partition coefficient (Wildman–Crippen LogP) is 3.63. The second kappa shape index (κ2) is 7.74. The molecule has 0 spiro atoms. The minimum atomic E-state index is -0.517. The Bertz CT molecular complexity index is 1670. The summed E-state index contributed by atoms with van der Waals surface area (Å²) in [5.41, 5.74) is 3.55. The zero-order valence-electron chi connectivity index (χ0n) is 19.5. The fourth-order valence-corrected chi connectivity index (χ4v) is 4.87. The molecule has 0 fully saturated rings. The summed E-state index contributed by atoms with van der Waals surface area (Å²) in [6.07, 6.45) is 4.62. The molecule has 0 saturated heterocycles. The molecule has 1 aliphatic heterocycles. The monoisotopic (exact) mass is 475 g/mol. The fourth-order valence-electron chi connectivity index (χ4n) is 4.87. The molecule has 6 rings (SSSR count). The van der Waals surface area contributed by atoms with E-state index in [0.717, 1.165) is 12.2 Å². The van der Waals surface area contributed by atoms with E-state index in [0.29, 0.717) is 40.0 Å². The summed E-state index contributed by atoms with van der Waals surface area (Å²) in [5.74, 6) is -0.823. The molecule has 35 heavy (non-hydrogen) atoms. The van der Waals surface area contributed by atoms with Gasteiger partial charge in [-0.2, -0.15) is 10.2 Å². The smallest absolute Gasteiger partial charge is 0.307 e. The van der Waals surface area contributed by atoms with E-state index in [1.807, 2.05) is 11.6 Å². The highest BCUT2D eigenvalue weighted by atomic mass is 19.1. The van der Waals surface area contributed by atoms with Crippen LogP contribution in [0.4, 0.5) is 8.78 Å². The molecule has 0 bridgehead atoms. The second-order valence-electron chi connectivity index (χ2n) is 8.87. The lowest BCUT2D eigenvalue weighted by Crippen LogP contribution is -2.33. The Hall–Kier alpha value is -4.05. The van der Waals surface area contributed by atoms with Crippen LogP contribution in [-0.2, 0) is 13.6 Å². The van der Waals surface area contributed by atoms with Crippen LogP contribution in [0.15, 0.2) is 53.7 Å². The molecule has 1 unspecified atom stereocenters. The van der Waals surface area contributed by atoms with Gasteiger partial charge in [0.15, 0.2) is 5.82 Å². The van der Waals surface area contributed by atoms with Crippen LogP contribution in [0.5, 0.6) is 0 Å². The Morgan fingerprint density at radius 3 is 2.71 bits per heavy atom. The fraction of sp³-hybridized carbons (Fsp3) is 0.240. The van der Waals surface area contributed by atoms with Crippen molar-refractivity contribution in [1.82, 2.24) is 34.0 Å². The third kappa shape index (κ3) is 3.17. The molecule has 1 N–H and O–H groups in total. The maximum absolute atomic E-state index is 15.4. The van der Waals surface area contributed by atoms with Crippen molar-refractivity contribution in [2.24, 2.45) is 7.05 Å². The van der Waals surface area contributed by atoms with E-state index in [2.05, 4.69) is 10.4 Å². The van der Waals surface area contributed by atoms with Gasteiger partial charge in [0.2, 0.25) is 0 Å². The summed E-state index contributed by atoms with van der Waals surface area (Å²) < 4.78 is 35.6. The lowest BCUT2D eigenvalue weighted by molar-refractivity contribution is 0.419. The van der Waals surface area contributed by atoms with Crippen molar-refractivity contribution in [2.75, 3.05) is 6.54 Å². The molecule has 2 aromatic carbocycles. The van der Waals surface area contributed by atoms with Crippen molar-refractivity contribution in [3.63, 3.8) is 0 Å². The van der Waals surface area contributed by atoms with Gasteiger partial charge in [0.25, 0.3) is 0 Å². The average molecular weight is 476 g/mol. The second-order valence-corrected chi connectivity index (χ2v) is 8.87. The summed E-state index contributed by atoms with van der Waals surface area (Å²) in [6.45, 7) is 5.07. The van der Waals surface area contributed by atoms with Crippen molar-refractivity contribution in [1.29, 1.82) is 0 Å². The number of halogens is 2. The lowest BCUT2D eigenvalue weighted by atomic mass is 10.0. The van der Waals surface area contributed by atoms with E-state index in [1.165, 1.54) is 21.4 Å². The van der Waals surface area contributed by atoms with Crippen LogP contribution in [0.2, 0.25) is 0 Å². The van der Waals surface area contributed by atoms with Crippen LogP contribution >= 0.6 is 0 Å². The number of hydrogen-bond acceptors (Lipinski definition) is 4. The predicted molar refractivity (Wildman–Crippen MR) is 128 cm³/mol. The van der Waals surface area contributed by atoms with Crippen LogP contribution in [0.1, 0.15) is 24.2 Å². The van der Waals surface area contributed by atoms with Crippen LogP contribution in [0.25, 0.3) is 33.5 Å². The first kappa shape index (κ1) is 21.5. The Kier molecular flexibility index (Phi) is 4.75. The van der Waals surface area contributed by atoms with Gasteiger partial charge < -0.3 is 5.32 Å². The number of aromatic nitrogens is 6. The molecular weight excluding hydrogens is 452 g/mol. The molecule has 8 nitrogen and oxygen atoms in total. The molecule has 3 aromatic heterocycles. The number of nitrogens with zero attached hydrogens (tertiary/aromatic N) is 6. The molecule has 1 aliphatic rings. The highest BCUT2D eigenvalue weighted by Gasteiger charge is 2.29. The van der Waals surface area contributed by atoms with E-state index in [9.17, 15) is 9.18 Å². The molecule has 178 valence electrons. The number of nitrogens with one attached hydrogen (secondary N) is 1. The van der Waals surface area contributed by atoms with Crippen molar-refractivity contribution >= 4 is 10.9 Å². The Morgan fingerprint density at radius 1 is 1.11 bits per heavy atom. The molecular formula is C25H23F2N7O. The van der Waals surface area contributed by atoms with Gasteiger partial charge >= 0.3 is 5.69 Å². The molecule has 0 aliphatic carbocycles. The summed E-state index contributed by atoms with van der Waals surface area (Å²) in [5, 5.41) is 12.7. The van der Waals surface area contributed by atoms with Crippen molar-refractivity contribution in [2.45, 2.75) is 26.4 Å². The minimum absolute atomic E-state index is 0.0692. The molecule has 5 aromatic rings. The number of hydrogen-bond donors (Lipinski definition) is 1. The zero-order valence-corrected chi connectivity index (χ0v) is 19.5. The first-order chi connectivity index (χ1) is 16.8. The third-order valence-electron chi connectivity index (χ3n) is 6.70. The highest BCUT2D eigenvalue weighted by Crippen LogP contribution is 2.34. The summed E-state index contributed by atoms with van der Waals surface area (Å²) in [6, 6.07) is 8.04. The van der Waals surface area contributed by atoms with Crippen molar-refractivity contribution < 1.29 is 8.78 Å². The number of fused-ring (bicyclic) bond motifs is 2. The van der Waals surface area contributed by atoms with Gasteiger partial charge in [0.05, 0.1) is 35.0 Å². The normalized spacial score (nSPS) is 15.6. The molecule has 0 amide bonds. The third-order valence-corrected chi connectivity index (χ3v) is 6.70. The number of imidazole rings is 1. The van der Waals surface area contributed by atoms with Gasteiger partial charge in [0.1, 0.15) is 17.2 Å². The summed E-state index contributed by atoms with van der Waals surface area (Å²) >= 11 is 0. The van der Waals surface area contributed by atoms with E-state index < -0.39 is 11.5 Å². The van der Waals surface area contributed by atoms with Crippen LogP contribution < -0.4 is 11.0 Å². The molecule has 10 heteroatoms. The number of rotatable bonds is 3. The van der Waals surface area contributed by atoms with Gasteiger partial charge in [-0.3, -0.25) is 18.5 Å². The quantitative estimate of drug-likeness (QED) is 0.433. The van der Waals surface area contributed by atoms with E-state index in [4.69, 9.17) is 5.10 Å². The standard InChI is InChI=1S/C25H23F2N7O/c1-14-12-16(4-5-18(14)26)22-24(23-15(2)28-8-9-34(23)30-22)33-11-10-32(25(33)35)20-7-6-19-17(21(20)27)13-29-31(19)3/h4-7,10-13,15,28H,8-9H2,1-3H3. The van der Waals surface area contributed by atoms with Crippen LogP contribution in [-0.4, -0.2) is 35.2 Å². The van der Waals surface area contributed by atoms with Crippen LogP contribution in [0.3, 0.4) is 0 Å². The highest BCUT2D eigenvalue weighted by molar-refractivity contribution is 5.82. The van der Waals surface area contributed by atoms with Gasteiger partial charge in [-0.25, -0.2) is 13.6 Å². The van der Waals surface area contributed by atoms with Gasteiger partial charge in [-0.15, -0.1) is 0 Å². The van der Waals surface area contributed by atoms with Gasteiger partial charge in [0, 0.05) is 37.6 Å². The number of benzene rings is 2. The molecule has 0 saturated carbocycles. The van der Waals surface area contributed by atoms with E-state index in [-0.39, 0.29) is 17.5 Å². The van der Waals surface area contributed by atoms with E-state index in [1.54, 1.807) is 55.3 Å². The molecule has 4 heterocycles. The minimum Gasteiger partial charge on any atom is -0.307 e. The zero-order chi connectivity index (χ0) is 24.4. The van der Waals surface area contributed by atoms with Gasteiger partial charge in [-0.05, 0) is 49.7 Å². The Balaban J connectivity index is 1.58. The maximum atomic E-state index is 15.4. The topological polar surface area (TPSA) is 74.6 Å². The van der Waals surface area contributed by atoms with Crippen molar-refractivity contribution in [3.05, 3.63) is 82.3 Å². The van der Waals surface area contributed by atoms with Crippen molar-refractivity contribution in [3.8, 4) is 22.6 Å². The first-order valence-corrected chi connectivity index (χ1v) is 11.4. The Morgan fingerprint density at radius 2 is 1.91 bits per heavy atom. The molecule has 1 atom stereocenters. The summed E-state index contributed by atoms with van der Waals surface area (Å²) in [4.78, 5) is 13.7. The average Bonchev–Trinajstić information content (AvgIpc) is 3.52. The van der Waals surface area contributed by atoms with E-state index >= 15 is 4.39 Å². The largest absolute Gasteiger partial charge is 0.337 e. The lowest BCUT2D eigenvalue weighted by Gasteiger charge is -2.23. The van der Waals surface area contributed by atoms with Gasteiger partial charge in [-0.1, -0.05) is 0 Å². The SMILES string of the molecule is Cc1cc(-c2nn3c(c2-n2ccn(-c4ccc5c(cnn5C)c4F)c2=O)C(C)NCC3)ccc1F.